The molecule has 0 radical (unpaired) electrons. The maximum atomic E-state index is 11.5. The first-order valence-corrected chi connectivity index (χ1v) is 5.42. The third-order valence-electron chi connectivity index (χ3n) is 3.18. The molecule has 0 fully saturated rings. The van der Waals surface area contributed by atoms with Gasteiger partial charge in [0, 0.05) is 5.69 Å². The molecule has 1 aliphatic carbocycles. The van der Waals surface area contributed by atoms with E-state index in [1.165, 1.54) is 0 Å². The van der Waals surface area contributed by atoms with Gasteiger partial charge in [-0.15, -0.1) is 0 Å². The number of H-pyrrole nitrogens is 1. The van der Waals surface area contributed by atoms with Crippen LogP contribution in [0.5, 0.6) is 0 Å². The number of rotatable bonds is 1. The molecule has 1 atom stereocenters. The van der Waals surface area contributed by atoms with Gasteiger partial charge in [0.1, 0.15) is 11.6 Å². The Kier molecular flexibility index (Phi) is 2.59. The van der Waals surface area contributed by atoms with Gasteiger partial charge in [-0.05, 0) is 43.2 Å². The van der Waals surface area contributed by atoms with Crippen molar-refractivity contribution >= 4 is 0 Å². The van der Waals surface area contributed by atoms with Crippen LogP contribution in [0.2, 0.25) is 0 Å². The summed E-state index contributed by atoms with van der Waals surface area (Å²) in [7, 11) is 0. The Hall–Kier alpha value is -1.56. The summed E-state index contributed by atoms with van der Waals surface area (Å²) in [5, 5.41) is 8.77. The number of hydrogen-bond donors (Lipinski definition) is 1. The smallest absolute Gasteiger partial charge is 0.266 e. The lowest BCUT2D eigenvalue weighted by atomic mass is 9.84. The van der Waals surface area contributed by atoms with Crippen LogP contribution < -0.4 is 5.56 Å². The molecule has 78 valence electrons. The summed E-state index contributed by atoms with van der Waals surface area (Å²) in [5.41, 5.74) is 2.22. The van der Waals surface area contributed by atoms with Crippen LogP contribution in [0.3, 0.4) is 0 Å². The fraction of sp³-hybridized carbons (Fsp3) is 0.500. The molecule has 0 bridgehead atoms. The molecule has 0 spiro atoms. The van der Waals surface area contributed by atoms with Crippen LogP contribution in [-0.4, -0.2) is 4.98 Å². The molecule has 1 aromatic heterocycles. The van der Waals surface area contributed by atoms with Crippen LogP contribution in [0.25, 0.3) is 0 Å². The van der Waals surface area contributed by atoms with Gasteiger partial charge in [-0.25, -0.2) is 0 Å². The lowest BCUT2D eigenvalue weighted by Gasteiger charge is -2.23. The molecule has 1 heterocycles. The Bertz CT molecular complexity index is 467. The summed E-state index contributed by atoms with van der Waals surface area (Å²) in [6.45, 7) is 2.14. The molecule has 1 unspecified atom stereocenters. The number of nitrogens with zero attached hydrogens (tertiary/aromatic N) is 1. The Morgan fingerprint density at radius 3 is 3.13 bits per heavy atom. The van der Waals surface area contributed by atoms with E-state index in [0.29, 0.717) is 5.92 Å². The number of nitriles is 1. The highest BCUT2D eigenvalue weighted by Crippen LogP contribution is 2.31. The van der Waals surface area contributed by atoms with Gasteiger partial charge in [-0.3, -0.25) is 4.79 Å². The zero-order valence-corrected chi connectivity index (χ0v) is 8.84. The van der Waals surface area contributed by atoms with Gasteiger partial charge in [0.2, 0.25) is 0 Å². The first-order chi connectivity index (χ1) is 7.26. The molecule has 0 saturated heterocycles. The average molecular weight is 202 g/mol. The molecule has 0 aromatic carbocycles. The van der Waals surface area contributed by atoms with Crippen molar-refractivity contribution in [2.45, 2.75) is 38.5 Å². The Balaban J connectivity index is 2.56. The number of aromatic amines is 1. The second-order valence-electron chi connectivity index (χ2n) is 4.06. The molecule has 3 nitrogen and oxygen atoms in total. The lowest BCUT2D eigenvalue weighted by molar-refractivity contribution is 0.523. The van der Waals surface area contributed by atoms with Crippen LogP contribution in [-0.2, 0) is 6.42 Å². The highest BCUT2D eigenvalue weighted by molar-refractivity contribution is 5.35. The molecule has 2 rings (SSSR count). The Morgan fingerprint density at radius 2 is 2.47 bits per heavy atom. The predicted octanol–water partition coefficient (Wildman–Crippen LogP) is 2.08. The molecule has 0 aliphatic heterocycles. The number of pyridine rings is 1. The van der Waals surface area contributed by atoms with Gasteiger partial charge in [-0.2, -0.15) is 5.26 Å². The molecule has 1 aromatic rings. The normalized spacial score (nSPS) is 19.3. The van der Waals surface area contributed by atoms with Gasteiger partial charge in [0.05, 0.1) is 0 Å². The molecular weight excluding hydrogens is 188 g/mol. The zero-order valence-electron chi connectivity index (χ0n) is 8.84. The molecule has 1 N–H and O–H groups in total. The average Bonchev–Trinajstić information content (AvgIpc) is 2.27. The van der Waals surface area contributed by atoms with E-state index in [9.17, 15) is 4.79 Å². The fourth-order valence-electron chi connectivity index (χ4n) is 2.33. The van der Waals surface area contributed by atoms with Crippen molar-refractivity contribution in [1.82, 2.24) is 4.98 Å². The van der Waals surface area contributed by atoms with Gasteiger partial charge in [0.15, 0.2) is 0 Å². The van der Waals surface area contributed by atoms with E-state index >= 15 is 0 Å². The van der Waals surface area contributed by atoms with Crippen LogP contribution in [0, 0.1) is 11.3 Å². The number of fused-ring (bicyclic) bond motifs is 1. The molecule has 15 heavy (non-hydrogen) atoms. The fourth-order valence-corrected chi connectivity index (χ4v) is 2.33. The van der Waals surface area contributed by atoms with E-state index in [0.717, 1.165) is 36.9 Å². The second kappa shape index (κ2) is 3.90. The summed E-state index contributed by atoms with van der Waals surface area (Å²) in [6, 6.07) is 3.69. The number of nitrogens with one attached hydrogen (secondary N) is 1. The standard InChI is InChI=1S/C12H14N2O/c1-2-8-4-3-5-9-6-10(7-13)12(15)14-11(8)9/h6,8H,2-5H2,1H3,(H,14,15). The van der Waals surface area contributed by atoms with Gasteiger partial charge < -0.3 is 4.98 Å². The molecule has 3 heteroatoms. The minimum atomic E-state index is -0.239. The van der Waals surface area contributed by atoms with Crippen molar-refractivity contribution in [3.05, 3.63) is 33.2 Å². The largest absolute Gasteiger partial charge is 0.325 e. The van der Waals surface area contributed by atoms with Crippen LogP contribution in [0.1, 0.15) is 48.9 Å². The first kappa shape index (κ1) is 9.97. The quantitative estimate of drug-likeness (QED) is 0.758. The van der Waals surface area contributed by atoms with Crippen molar-refractivity contribution in [2.24, 2.45) is 0 Å². The summed E-state index contributed by atoms with van der Waals surface area (Å²) >= 11 is 0. The Labute approximate surface area is 88.8 Å². The first-order valence-electron chi connectivity index (χ1n) is 5.42. The van der Waals surface area contributed by atoms with Crippen molar-refractivity contribution in [1.29, 1.82) is 5.26 Å². The van der Waals surface area contributed by atoms with E-state index in [1.54, 1.807) is 6.07 Å². The van der Waals surface area contributed by atoms with Crippen LogP contribution in [0.4, 0.5) is 0 Å². The summed E-state index contributed by atoms with van der Waals surface area (Å²) in [4.78, 5) is 14.4. The summed E-state index contributed by atoms with van der Waals surface area (Å²) in [5.74, 6) is 0.467. The third-order valence-corrected chi connectivity index (χ3v) is 3.18. The minimum Gasteiger partial charge on any atom is -0.325 e. The molecular formula is C12H14N2O. The Morgan fingerprint density at radius 1 is 1.67 bits per heavy atom. The summed E-state index contributed by atoms with van der Waals surface area (Å²) < 4.78 is 0. The second-order valence-corrected chi connectivity index (χ2v) is 4.06. The SMILES string of the molecule is CCC1CCCc2cc(C#N)c(=O)[nH]c21. The van der Waals surface area contributed by atoms with Crippen LogP contribution in [0.15, 0.2) is 10.9 Å². The van der Waals surface area contributed by atoms with E-state index in [4.69, 9.17) is 5.26 Å². The van der Waals surface area contributed by atoms with Crippen molar-refractivity contribution in [3.63, 3.8) is 0 Å². The van der Waals surface area contributed by atoms with E-state index in [-0.39, 0.29) is 11.1 Å². The summed E-state index contributed by atoms with van der Waals surface area (Å²) in [6.07, 6.45) is 4.33. The number of hydrogen-bond acceptors (Lipinski definition) is 2. The molecule has 1 aliphatic rings. The number of aromatic nitrogens is 1. The molecule has 0 amide bonds. The lowest BCUT2D eigenvalue weighted by Crippen LogP contribution is -2.20. The maximum absolute atomic E-state index is 11.5. The predicted molar refractivity (Wildman–Crippen MR) is 57.7 cm³/mol. The monoisotopic (exact) mass is 202 g/mol. The maximum Gasteiger partial charge on any atom is 0.266 e. The highest BCUT2D eigenvalue weighted by atomic mass is 16.1. The number of aryl methyl sites for hydroxylation is 1. The van der Waals surface area contributed by atoms with Crippen molar-refractivity contribution in [2.75, 3.05) is 0 Å². The van der Waals surface area contributed by atoms with E-state index in [1.807, 2.05) is 6.07 Å². The minimum absolute atomic E-state index is 0.239. The zero-order chi connectivity index (χ0) is 10.8. The van der Waals surface area contributed by atoms with Crippen molar-refractivity contribution < 1.29 is 0 Å². The third kappa shape index (κ3) is 1.68. The molecule has 0 saturated carbocycles. The van der Waals surface area contributed by atoms with E-state index in [2.05, 4.69) is 11.9 Å². The van der Waals surface area contributed by atoms with Crippen LogP contribution >= 0.6 is 0 Å². The highest BCUT2D eigenvalue weighted by Gasteiger charge is 2.20. The van der Waals surface area contributed by atoms with Gasteiger partial charge in [-0.1, -0.05) is 6.92 Å². The van der Waals surface area contributed by atoms with Crippen molar-refractivity contribution in [3.8, 4) is 6.07 Å². The topological polar surface area (TPSA) is 56.6 Å². The van der Waals surface area contributed by atoms with E-state index < -0.39 is 0 Å². The van der Waals surface area contributed by atoms with Gasteiger partial charge >= 0.3 is 0 Å². The van der Waals surface area contributed by atoms with Gasteiger partial charge in [0.25, 0.3) is 5.56 Å².